The molecule has 3 aliphatic rings. The number of hydrogen-bond donors (Lipinski definition) is 1. The number of thioether (sulfide) groups is 1. The van der Waals surface area contributed by atoms with E-state index in [1.807, 2.05) is 12.1 Å². The van der Waals surface area contributed by atoms with Gasteiger partial charge in [0.05, 0.1) is 80.2 Å². The van der Waals surface area contributed by atoms with E-state index in [1.165, 1.54) is 12.1 Å². The maximum atomic E-state index is 13.7. The second-order valence-corrected chi connectivity index (χ2v) is 22.4. The summed E-state index contributed by atoms with van der Waals surface area (Å²) in [5.74, 6) is -6.97. The molecule has 0 aromatic heterocycles. The summed E-state index contributed by atoms with van der Waals surface area (Å²) >= 11 is 0.972. The third kappa shape index (κ3) is 22.7. The van der Waals surface area contributed by atoms with E-state index < -0.39 is 102 Å². The first kappa shape index (κ1) is 69.8. The number of nitriles is 2. The van der Waals surface area contributed by atoms with Crippen molar-refractivity contribution >= 4 is 77.1 Å². The van der Waals surface area contributed by atoms with Crippen molar-refractivity contribution in [2.24, 2.45) is 23.7 Å². The molecule has 3 aromatic carbocycles. The minimum atomic E-state index is -0.701. The highest BCUT2D eigenvalue weighted by molar-refractivity contribution is 8.03. The van der Waals surface area contributed by atoms with Gasteiger partial charge in [0.15, 0.2) is 11.3 Å². The predicted octanol–water partition coefficient (Wildman–Crippen LogP) is 8.56. The van der Waals surface area contributed by atoms with Gasteiger partial charge in [0, 0.05) is 25.0 Å². The molecule has 1 N–H and O–H groups in total. The fourth-order valence-electron chi connectivity index (χ4n) is 9.39. The summed E-state index contributed by atoms with van der Waals surface area (Å²) in [6.07, 6.45) is 2.94. The Hall–Kier alpha value is -9.33. The second-order valence-electron chi connectivity index (χ2n) is 21.3. The lowest BCUT2D eigenvalue weighted by Crippen LogP contribution is -2.30. The fourth-order valence-corrected chi connectivity index (χ4v) is 10.4. The van der Waals surface area contributed by atoms with Gasteiger partial charge in [-0.05, 0) is 120 Å². The second kappa shape index (κ2) is 35.6. The quantitative estimate of drug-likeness (QED) is 0.0207. The molecule has 3 unspecified atom stereocenters. The van der Waals surface area contributed by atoms with E-state index in [-0.39, 0.29) is 86.5 Å². The molecule has 478 valence electrons. The molecule has 0 radical (unpaired) electrons. The number of rotatable bonds is 31. The molecule has 90 heavy (non-hydrogen) atoms. The molecule has 25 heteroatoms. The zero-order chi connectivity index (χ0) is 65.1. The van der Waals surface area contributed by atoms with Crippen LogP contribution in [-0.4, -0.2) is 111 Å². The molecule has 2 saturated carbocycles. The monoisotopic (exact) mass is 1260 g/mol. The zero-order valence-corrected chi connectivity index (χ0v) is 51.0. The van der Waals surface area contributed by atoms with Crippen molar-refractivity contribution in [1.82, 2.24) is 0 Å². The van der Waals surface area contributed by atoms with E-state index in [4.69, 9.17) is 52.1 Å². The van der Waals surface area contributed by atoms with Crippen LogP contribution < -0.4 is 24.3 Å². The van der Waals surface area contributed by atoms with Crippen molar-refractivity contribution in [3.63, 3.8) is 0 Å². The summed E-state index contributed by atoms with van der Waals surface area (Å²) in [4.78, 5) is 125. The number of carbonyl (C=O) groups is 10. The van der Waals surface area contributed by atoms with E-state index in [1.54, 1.807) is 69.3 Å². The van der Waals surface area contributed by atoms with Crippen molar-refractivity contribution < 1.29 is 100 Å². The SMILES string of the molecule is C=CC(=O)OCC(C)OCC(C)OC(=O)CCC(=O)OCCc1ccc(OC(=O)[C@H]2CC[C@H](C(=O)Oc3ccc(OC(=O)[C@H]4CC[C@H](C(=O)Oc5ccc(CCOC(=O)CCC(=O)OC(C)COC(=O)C=C)cc5)CC4)c4c3NC(=C(C#N)C#N)S4)CC2)cc1. The van der Waals surface area contributed by atoms with E-state index in [9.17, 15) is 58.5 Å². The van der Waals surface area contributed by atoms with Crippen LogP contribution in [0, 0.1) is 46.3 Å². The van der Waals surface area contributed by atoms with E-state index >= 15 is 0 Å². The van der Waals surface area contributed by atoms with Gasteiger partial charge in [-0.1, -0.05) is 49.2 Å². The van der Waals surface area contributed by atoms with Crippen LogP contribution in [0.25, 0.3) is 0 Å². The molecule has 1 heterocycles. The lowest BCUT2D eigenvalue weighted by atomic mass is 9.82. The van der Waals surface area contributed by atoms with Gasteiger partial charge in [-0.2, -0.15) is 10.5 Å². The van der Waals surface area contributed by atoms with E-state index in [2.05, 4.69) is 18.5 Å². The molecule has 24 nitrogen and oxygen atoms in total. The number of anilines is 1. The van der Waals surface area contributed by atoms with Crippen LogP contribution in [0.15, 0.2) is 101 Å². The van der Waals surface area contributed by atoms with Gasteiger partial charge in [-0.15, -0.1) is 0 Å². The average Bonchev–Trinajstić information content (AvgIpc) is 1.75. The summed E-state index contributed by atoms with van der Waals surface area (Å²) in [5.41, 5.74) is 1.58. The summed E-state index contributed by atoms with van der Waals surface area (Å²) in [5, 5.41) is 22.5. The molecular weight excluding hydrogens is 1190 g/mol. The Balaban J connectivity index is 0.886. The fraction of sp³-hybridized carbons (Fsp3) is 0.446. The molecule has 3 atom stereocenters. The van der Waals surface area contributed by atoms with Crippen LogP contribution in [-0.2, 0) is 93.9 Å². The van der Waals surface area contributed by atoms with Crippen LogP contribution >= 0.6 is 11.8 Å². The van der Waals surface area contributed by atoms with Gasteiger partial charge >= 0.3 is 59.7 Å². The van der Waals surface area contributed by atoms with Gasteiger partial charge in [-0.3, -0.25) is 38.4 Å². The minimum absolute atomic E-state index is 0.0128. The van der Waals surface area contributed by atoms with Gasteiger partial charge in [0.1, 0.15) is 65.5 Å². The number of nitrogens with zero attached hydrogens (tertiary/aromatic N) is 2. The number of fused-ring (bicyclic) bond motifs is 1. The maximum Gasteiger partial charge on any atom is 0.330 e. The summed E-state index contributed by atoms with van der Waals surface area (Å²) in [7, 11) is 0. The maximum absolute atomic E-state index is 13.7. The van der Waals surface area contributed by atoms with Gasteiger partial charge in [-0.25, -0.2) is 9.59 Å². The molecule has 1 aliphatic heterocycles. The summed E-state index contributed by atoms with van der Waals surface area (Å²) in [6, 6.07) is 20.0. The highest BCUT2D eigenvalue weighted by atomic mass is 32.2. The standard InChI is InChI=1S/C65H71N3O21S/c1-6-53(69)82-36-39(3)81-37-40(4)84-57(73)28-26-55(71)79-32-30-42-8-20-49(21-9-42)86-62(75)44-12-16-46(17-13-44)64(77)88-51-24-25-52(60-59(51)68-61(90-60)48(34-66)35-67)89-65(78)47-18-14-45(15-19-47)63(76)87-50-22-10-43(11-23-50)31-33-80-56(72)27-29-58(74)85-41(5)38-83-54(70)7-2/h6-11,20-25,39-41,44-47,68H,1-2,12-19,26-33,36-38H2,3-5H3/t39?,40?,41?,44-,45-,46-,47-. The number of ether oxygens (including phenoxy) is 11. The predicted molar refractivity (Wildman–Crippen MR) is 317 cm³/mol. The third-order valence-electron chi connectivity index (χ3n) is 14.4. The van der Waals surface area contributed by atoms with Crippen LogP contribution in [0.4, 0.5) is 5.69 Å². The first-order valence-corrected chi connectivity index (χ1v) is 30.2. The normalized spacial score (nSPS) is 17.4. The number of hydrogen-bond acceptors (Lipinski definition) is 25. The molecule has 0 saturated heterocycles. The Bertz CT molecular complexity index is 3210. The number of allylic oxidation sites excluding steroid dienone is 1. The Morgan fingerprint density at radius 3 is 1.31 bits per heavy atom. The molecule has 3 aromatic rings. The first-order chi connectivity index (χ1) is 43.2. The topological polar surface area (TPSA) is 332 Å². The van der Waals surface area contributed by atoms with Crippen LogP contribution in [0.3, 0.4) is 0 Å². The van der Waals surface area contributed by atoms with E-state index in [0.29, 0.717) is 80.6 Å². The first-order valence-electron chi connectivity index (χ1n) is 29.4. The largest absolute Gasteiger partial charge is 0.465 e. The summed E-state index contributed by atoms with van der Waals surface area (Å²) < 4.78 is 59.3. The molecule has 2 aliphatic carbocycles. The number of benzene rings is 3. The minimum Gasteiger partial charge on any atom is -0.465 e. The molecule has 0 bridgehead atoms. The molecular formula is C65H71N3O21S. The average molecular weight is 1260 g/mol. The zero-order valence-electron chi connectivity index (χ0n) is 50.2. The van der Waals surface area contributed by atoms with Crippen LogP contribution in [0.2, 0.25) is 0 Å². The molecule has 2 fully saturated rings. The van der Waals surface area contributed by atoms with Crippen molar-refractivity contribution in [2.75, 3.05) is 38.4 Å². The highest BCUT2D eigenvalue weighted by Gasteiger charge is 2.37. The number of esters is 10. The van der Waals surface area contributed by atoms with Crippen molar-refractivity contribution in [3.05, 3.63) is 108 Å². The van der Waals surface area contributed by atoms with Crippen LogP contribution in [0.5, 0.6) is 23.0 Å². The number of carbonyl (C=O) groups excluding carboxylic acids is 10. The van der Waals surface area contributed by atoms with Crippen molar-refractivity contribution in [3.8, 4) is 35.1 Å². The number of nitrogens with one attached hydrogen (secondary N) is 1. The lowest BCUT2D eigenvalue weighted by molar-refractivity contribution is -0.157. The Labute approximate surface area is 524 Å². The molecule has 0 amide bonds. The highest BCUT2D eigenvalue weighted by Crippen LogP contribution is 2.52. The Morgan fingerprint density at radius 2 is 0.889 bits per heavy atom. The van der Waals surface area contributed by atoms with Gasteiger partial charge < -0.3 is 57.4 Å². The Morgan fingerprint density at radius 1 is 0.511 bits per heavy atom. The smallest absolute Gasteiger partial charge is 0.330 e. The summed E-state index contributed by atoms with van der Waals surface area (Å²) in [6.45, 7) is 11.5. The molecule has 0 spiro atoms. The Kier molecular flexibility index (Phi) is 27.6. The third-order valence-corrected chi connectivity index (χ3v) is 15.5. The van der Waals surface area contributed by atoms with Crippen molar-refractivity contribution in [1.29, 1.82) is 10.5 Å². The lowest BCUT2D eigenvalue weighted by Gasteiger charge is -2.26. The van der Waals surface area contributed by atoms with Crippen molar-refractivity contribution in [2.45, 2.75) is 134 Å². The van der Waals surface area contributed by atoms with E-state index in [0.717, 1.165) is 35.0 Å². The van der Waals surface area contributed by atoms with Gasteiger partial charge in [0.25, 0.3) is 0 Å². The van der Waals surface area contributed by atoms with Crippen LogP contribution in [0.1, 0.15) is 109 Å². The molecule has 6 rings (SSSR count). The van der Waals surface area contributed by atoms with Gasteiger partial charge in [0.2, 0.25) is 0 Å².